The van der Waals surface area contributed by atoms with Crippen LogP contribution in [0.5, 0.6) is 0 Å². The molecular formula is C28H36FN4O5S-. The van der Waals surface area contributed by atoms with Crippen molar-refractivity contribution < 1.29 is 28.2 Å². The summed E-state index contributed by atoms with van der Waals surface area (Å²) in [7, 11) is 0. The second-order valence-electron chi connectivity index (χ2n) is 9.73. The molecule has 0 spiro atoms. The first-order valence-electron chi connectivity index (χ1n) is 13.0. The van der Waals surface area contributed by atoms with Gasteiger partial charge in [0, 0.05) is 24.3 Å². The third-order valence-electron chi connectivity index (χ3n) is 6.37. The quantitative estimate of drug-likeness (QED) is 0.220. The van der Waals surface area contributed by atoms with E-state index in [0.717, 1.165) is 5.56 Å². The van der Waals surface area contributed by atoms with Crippen LogP contribution < -0.4 is 10.6 Å². The Bertz CT molecular complexity index is 1250. The average Bonchev–Trinajstić information content (AvgIpc) is 3.30. The minimum absolute atomic E-state index is 0.0808. The van der Waals surface area contributed by atoms with Gasteiger partial charge in [-0.15, -0.1) is 0 Å². The van der Waals surface area contributed by atoms with Crippen LogP contribution in [-0.2, 0) is 24.2 Å². The molecule has 0 bridgehead atoms. The highest BCUT2D eigenvalue weighted by molar-refractivity contribution is 7.79. The highest BCUT2D eigenvalue weighted by Gasteiger charge is 2.26. The Balaban J connectivity index is 1.85. The number of rotatable bonds is 14. The van der Waals surface area contributed by atoms with Gasteiger partial charge in [0.2, 0.25) is 0 Å². The molecule has 0 radical (unpaired) electrons. The second kappa shape index (κ2) is 14.3. The molecule has 1 heterocycles. The van der Waals surface area contributed by atoms with Gasteiger partial charge in [-0.2, -0.15) is 0 Å². The lowest BCUT2D eigenvalue weighted by molar-refractivity contribution is 0.0711. The van der Waals surface area contributed by atoms with Gasteiger partial charge in [0.05, 0.1) is 23.8 Å². The first-order chi connectivity index (χ1) is 18.6. The molecule has 0 aliphatic heterocycles. The minimum Gasteiger partial charge on any atom is -0.771 e. The Morgan fingerprint density at radius 3 is 2.36 bits per heavy atom. The lowest BCUT2D eigenvalue weighted by atomic mass is 10.1. The zero-order valence-electron chi connectivity index (χ0n) is 22.4. The van der Waals surface area contributed by atoms with Crippen molar-refractivity contribution in [3.05, 3.63) is 71.3 Å². The summed E-state index contributed by atoms with van der Waals surface area (Å²) in [6.45, 7) is 6.36. The van der Waals surface area contributed by atoms with Crippen molar-refractivity contribution in [2.75, 3.05) is 11.2 Å². The van der Waals surface area contributed by atoms with E-state index in [0.29, 0.717) is 42.2 Å². The fourth-order valence-corrected chi connectivity index (χ4v) is 4.57. The van der Waals surface area contributed by atoms with E-state index < -0.39 is 23.3 Å². The maximum Gasteiger partial charge on any atom is 0.272 e. The molecule has 1 amide bonds. The minimum atomic E-state index is -2.20. The fraction of sp³-hybridized carbons (Fsp3) is 0.429. The van der Waals surface area contributed by atoms with E-state index in [1.807, 2.05) is 25.3 Å². The van der Waals surface area contributed by atoms with E-state index in [9.17, 15) is 28.2 Å². The SMILES string of the molecule is CCC(O)CC(O)CCn1c(-c2ccc(F)cc2)nc(C(=O)NCc2ccc(NCS(=O)[O-])cc2)c1C(C)C. The Hall–Kier alpha value is -3.12. The molecule has 3 rings (SSSR count). The number of aliphatic hydroxyl groups excluding tert-OH is 2. The lowest BCUT2D eigenvalue weighted by Gasteiger charge is -2.19. The third kappa shape index (κ3) is 8.69. The number of halogens is 1. The maximum absolute atomic E-state index is 13.6. The third-order valence-corrected chi connectivity index (χ3v) is 6.75. The van der Waals surface area contributed by atoms with E-state index in [-0.39, 0.29) is 42.2 Å². The number of hydrogen-bond donors (Lipinski definition) is 4. The number of aromatic nitrogens is 2. The number of hydrogen-bond acceptors (Lipinski definition) is 7. The van der Waals surface area contributed by atoms with Crippen LogP contribution in [0.15, 0.2) is 48.5 Å². The number of carbonyl (C=O) groups is 1. The summed E-state index contributed by atoms with van der Waals surface area (Å²) in [6, 6.07) is 12.9. The maximum atomic E-state index is 13.6. The Labute approximate surface area is 230 Å². The molecule has 0 aliphatic carbocycles. The average molecular weight is 560 g/mol. The van der Waals surface area contributed by atoms with Gasteiger partial charge in [-0.1, -0.05) is 32.9 Å². The van der Waals surface area contributed by atoms with Gasteiger partial charge in [0.25, 0.3) is 5.91 Å². The zero-order valence-corrected chi connectivity index (χ0v) is 23.2. The molecule has 9 nitrogen and oxygen atoms in total. The first-order valence-corrected chi connectivity index (χ1v) is 14.2. The van der Waals surface area contributed by atoms with Gasteiger partial charge in [-0.3, -0.25) is 9.00 Å². The lowest BCUT2D eigenvalue weighted by Crippen LogP contribution is -2.25. The van der Waals surface area contributed by atoms with Gasteiger partial charge in [0.15, 0.2) is 0 Å². The molecule has 3 aromatic rings. The van der Waals surface area contributed by atoms with Gasteiger partial charge in [-0.05, 0) is 78.2 Å². The number of benzene rings is 2. The number of aliphatic hydroxyl groups is 2. The van der Waals surface area contributed by atoms with Crippen LogP contribution in [0.3, 0.4) is 0 Å². The molecule has 0 saturated heterocycles. The summed E-state index contributed by atoms with van der Waals surface area (Å²) in [5.74, 6) is -0.526. The molecule has 3 atom stereocenters. The molecule has 1 aromatic heterocycles. The largest absolute Gasteiger partial charge is 0.771 e. The summed E-state index contributed by atoms with van der Waals surface area (Å²) in [5.41, 5.74) is 3.05. The molecule has 11 heteroatoms. The van der Waals surface area contributed by atoms with Gasteiger partial charge in [-0.25, -0.2) is 9.37 Å². The summed E-state index contributed by atoms with van der Waals surface area (Å²) in [5, 5.41) is 26.1. The smallest absolute Gasteiger partial charge is 0.272 e. The number of nitrogens with one attached hydrogen (secondary N) is 2. The summed E-state index contributed by atoms with van der Waals surface area (Å²) in [4.78, 5) is 18.0. The number of imidazole rings is 1. The first kappa shape index (κ1) is 30.4. The number of anilines is 1. The van der Waals surface area contributed by atoms with Gasteiger partial charge < -0.3 is 30.0 Å². The Morgan fingerprint density at radius 1 is 1.10 bits per heavy atom. The van der Waals surface area contributed by atoms with E-state index in [1.165, 1.54) is 12.1 Å². The molecule has 4 N–H and O–H groups in total. The van der Waals surface area contributed by atoms with Crippen molar-refractivity contribution in [1.82, 2.24) is 14.9 Å². The number of carbonyl (C=O) groups excluding carboxylic acids is 1. The van der Waals surface area contributed by atoms with Crippen molar-refractivity contribution in [3.8, 4) is 11.4 Å². The van der Waals surface area contributed by atoms with Crippen LogP contribution in [0.25, 0.3) is 11.4 Å². The molecule has 212 valence electrons. The molecule has 0 saturated carbocycles. The van der Waals surface area contributed by atoms with Crippen LogP contribution in [-0.4, -0.2) is 52.5 Å². The van der Waals surface area contributed by atoms with E-state index >= 15 is 0 Å². The predicted molar refractivity (Wildman–Crippen MR) is 148 cm³/mol. The Kier molecular flexibility index (Phi) is 11.2. The molecule has 0 fully saturated rings. The Morgan fingerprint density at radius 2 is 1.77 bits per heavy atom. The normalized spacial score (nSPS) is 13.7. The predicted octanol–water partition coefficient (Wildman–Crippen LogP) is 3.90. The molecule has 0 aliphatic rings. The van der Waals surface area contributed by atoms with Crippen molar-refractivity contribution in [1.29, 1.82) is 0 Å². The van der Waals surface area contributed by atoms with Crippen LogP contribution in [0, 0.1) is 5.82 Å². The van der Waals surface area contributed by atoms with Crippen LogP contribution in [0.1, 0.15) is 67.7 Å². The zero-order chi connectivity index (χ0) is 28.5. The van der Waals surface area contributed by atoms with Crippen molar-refractivity contribution in [2.24, 2.45) is 0 Å². The van der Waals surface area contributed by atoms with Gasteiger partial charge >= 0.3 is 0 Å². The molecule has 2 aromatic carbocycles. The van der Waals surface area contributed by atoms with Gasteiger partial charge in [0.1, 0.15) is 17.3 Å². The monoisotopic (exact) mass is 559 g/mol. The fourth-order valence-electron chi connectivity index (χ4n) is 4.29. The molecular weight excluding hydrogens is 523 g/mol. The van der Waals surface area contributed by atoms with E-state index in [2.05, 4.69) is 15.6 Å². The molecule has 3 unspecified atom stereocenters. The summed E-state index contributed by atoms with van der Waals surface area (Å²) >= 11 is -2.20. The van der Waals surface area contributed by atoms with Crippen LogP contribution >= 0.6 is 0 Å². The summed E-state index contributed by atoms with van der Waals surface area (Å²) in [6.07, 6.45) is -0.171. The standard InChI is InChI=1S/C28H37FN4O5S/c1-4-23(34)15-24(35)13-14-33-26(18(2)3)25(32-27(33)20-7-9-21(29)10-8-20)28(36)30-16-19-5-11-22(12-6-19)31-17-39(37)38/h5-12,18,23-24,31,34-35H,4,13-17H2,1-3H3,(H,30,36)(H,37,38)/p-1. The number of nitrogens with zero attached hydrogens (tertiary/aromatic N) is 2. The topological polar surface area (TPSA) is 140 Å². The highest BCUT2D eigenvalue weighted by Crippen LogP contribution is 2.29. The summed E-state index contributed by atoms with van der Waals surface area (Å²) < 4.78 is 37.0. The van der Waals surface area contributed by atoms with E-state index in [4.69, 9.17) is 0 Å². The van der Waals surface area contributed by atoms with Crippen molar-refractivity contribution >= 4 is 22.7 Å². The highest BCUT2D eigenvalue weighted by atomic mass is 32.2. The van der Waals surface area contributed by atoms with Crippen molar-refractivity contribution in [3.63, 3.8) is 0 Å². The number of amides is 1. The van der Waals surface area contributed by atoms with Crippen molar-refractivity contribution in [2.45, 2.75) is 71.2 Å². The van der Waals surface area contributed by atoms with Crippen LogP contribution in [0.2, 0.25) is 0 Å². The second-order valence-corrected chi connectivity index (χ2v) is 10.6. The molecule has 39 heavy (non-hydrogen) atoms. The van der Waals surface area contributed by atoms with E-state index in [1.54, 1.807) is 36.4 Å². The van der Waals surface area contributed by atoms with Crippen LogP contribution in [0.4, 0.5) is 10.1 Å².